The second kappa shape index (κ2) is 8.11. The number of hydrogen-bond donors (Lipinski definition) is 2. The zero-order valence-electron chi connectivity index (χ0n) is 18.4. The molecule has 2 heterocycles. The molecule has 0 amide bonds. The highest BCUT2D eigenvalue weighted by Gasteiger charge is 2.37. The van der Waals surface area contributed by atoms with Crippen LogP contribution in [0.2, 0.25) is 0 Å². The molecule has 5 rings (SSSR count). The smallest absolute Gasteiger partial charge is 0.163 e. The van der Waals surface area contributed by atoms with Gasteiger partial charge in [-0.05, 0) is 61.2 Å². The van der Waals surface area contributed by atoms with Crippen molar-refractivity contribution in [3.05, 3.63) is 83.0 Å². The van der Waals surface area contributed by atoms with Crippen molar-refractivity contribution in [1.82, 2.24) is 0 Å². The average Bonchev–Trinajstić information content (AvgIpc) is 3.16. The average molecular weight is 431 g/mol. The number of ketones is 1. The fraction of sp³-hybridized carbons (Fsp3) is 0.269. The Bertz CT molecular complexity index is 1210. The van der Waals surface area contributed by atoms with Gasteiger partial charge in [-0.1, -0.05) is 18.2 Å². The molecule has 6 nitrogen and oxygen atoms in total. The summed E-state index contributed by atoms with van der Waals surface area (Å²) in [4.78, 5) is 13.5. The summed E-state index contributed by atoms with van der Waals surface area (Å²) in [6.07, 6.45) is 1.13. The van der Waals surface area contributed by atoms with Gasteiger partial charge in [-0.15, -0.1) is 0 Å². The normalized spacial score (nSPS) is 19.9. The van der Waals surface area contributed by atoms with Crippen LogP contribution in [0, 0.1) is 6.92 Å². The third kappa shape index (κ3) is 3.51. The van der Waals surface area contributed by atoms with E-state index in [-0.39, 0.29) is 17.7 Å². The number of allylic oxidation sites excluding steroid dienone is 1. The molecule has 1 aromatic heterocycles. The summed E-state index contributed by atoms with van der Waals surface area (Å²) in [6, 6.07) is 17.4. The van der Waals surface area contributed by atoms with Crippen LogP contribution in [0.3, 0.4) is 0 Å². The Balaban J connectivity index is 1.57. The number of benzene rings is 2. The zero-order valence-corrected chi connectivity index (χ0v) is 18.4. The van der Waals surface area contributed by atoms with Crippen molar-refractivity contribution in [1.29, 1.82) is 0 Å². The summed E-state index contributed by atoms with van der Waals surface area (Å²) < 4.78 is 16.8. The van der Waals surface area contributed by atoms with Crippen LogP contribution in [0.5, 0.6) is 11.5 Å². The van der Waals surface area contributed by atoms with Gasteiger partial charge in [-0.25, -0.2) is 0 Å². The van der Waals surface area contributed by atoms with Crippen molar-refractivity contribution >= 4 is 17.2 Å². The van der Waals surface area contributed by atoms with E-state index in [1.807, 2.05) is 61.5 Å². The van der Waals surface area contributed by atoms with Crippen LogP contribution >= 0.6 is 0 Å². The number of furan rings is 1. The van der Waals surface area contributed by atoms with Crippen LogP contribution in [-0.2, 0) is 4.79 Å². The maximum Gasteiger partial charge on any atom is 0.163 e. The molecule has 3 aromatic rings. The number of hydrogen-bond acceptors (Lipinski definition) is 6. The highest BCUT2D eigenvalue weighted by Crippen LogP contribution is 2.45. The molecule has 2 N–H and O–H groups in total. The van der Waals surface area contributed by atoms with Gasteiger partial charge < -0.3 is 24.5 Å². The standard InChI is InChI=1S/C26H26N2O4/c1-15-8-10-23(32-15)26-25-20(27-18-6-4-5-7-19(18)28-26)12-17(13-21(25)29)16-9-11-22(30-2)24(14-16)31-3/h4-11,14,17,26-28H,12-13H2,1-3H3/t17-,26-/m0/s1. The van der Waals surface area contributed by atoms with Gasteiger partial charge in [-0.2, -0.15) is 0 Å². The van der Waals surface area contributed by atoms with E-state index in [0.717, 1.165) is 39.7 Å². The lowest BCUT2D eigenvalue weighted by molar-refractivity contribution is -0.116. The molecular formula is C26H26N2O4. The van der Waals surface area contributed by atoms with Crippen LogP contribution in [0.1, 0.15) is 41.9 Å². The minimum atomic E-state index is -0.339. The van der Waals surface area contributed by atoms with Crippen molar-refractivity contribution in [3.8, 4) is 11.5 Å². The Kier molecular flexibility index (Phi) is 5.13. The fourth-order valence-corrected chi connectivity index (χ4v) is 4.66. The monoisotopic (exact) mass is 430 g/mol. The van der Waals surface area contributed by atoms with Crippen molar-refractivity contribution in [2.75, 3.05) is 24.9 Å². The maximum atomic E-state index is 13.5. The molecule has 0 fully saturated rings. The molecule has 2 atom stereocenters. The summed E-state index contributed by atoms with van der Waals surface area (Å²) in [7, 11) is 3.24. The summed E-state index contributed by atoms with van der Waals surface area (Å²) >= 11 is 0. The number of nitrogens with one attached hydrogen (secondary N) is 2. The minimum absolute atomic E-state index is 0.0396. The summed E-state index contributed by atoms with van der Waals surface area (Å²) in [5.41, 5.74) is 4.62. The third-order valence-electron chi connectivity index (χ3n) is 6.23. The maximum absolute atomic E-state index is 13.5. The van der Waals surface area contributed by atoms with E-state index in [1.165, 1.54) is 0 Å². The first-order valence-electron chi connectivity index (χ1n) is 10.7. The number of methoxy groups -OCH3 is 2. The fourth-order valence-electron chi connectivity index (χ4n) is 4.66. The molecule has 0 unspecified atom stereocenters. The summed E-state index contributed by atoms with van der Waals surface area (Å²) in [5.74, 6) is 3.06. The van der Waals surface area contributed by atoms with E-state index in [4.69, 9.17) is 13.9 Å². The van der Waals surface area contributed by atoms with Gasteiger partial charge in [-0.3, -0.25) is 4.79 Å². The van der Waals surface area contributed by atoms with Crippen molar-refractivity contribution in [2.24, 2.45) is 0 Å². The van der Waals surface area contributed by atoms with Gasteiger partial charge >= 0.3 is 0 Å². The first-order chi connectivity index (χ1) is 15.6. The molecular weight excluding hydrogens is 404 g/mol. The predicted octanol–water partition coefficient (Wildman–Crippen LogP) is 5.58. The van der Waals surface area contributed by atoms with Crippen LogP contribution in [0.4, 0.5) is 11.4 Å². The highest BCUT2D eigenvalue weighted by molar-refractivity contribution is 6.01. The molecule has 1 aliphatic carbocycles. The zero-order chi connectivity index (χ0) is 22.2. The Morgan fingerprint density at radius 1 is 0.938 bits per heavy atom. The van der Waals surface area contributed by atoms with Gasteiger partial charge in [0.15, 0.2) is 17.3 Å². The minimum Gasteiger partial charge on any atom is -0.493 e. The number of carbonyl (C=O) groups is 1. The van der Waals surface area contributed by atoms with E-state index in [0.29, 0.717) is 24.3 Å². The van der Waals surface area contributed by atoms with E-state index in [1.54, 1.807) is 14.2 Å². The van der Waals surface area contributed by atoms with Crippen molar-refractivity contribution in [2.45, 2.75) is 31.7 Å². The molecule has 6 heteroatoms. The van der Waals surface area contributed by atoms with Crippen LogP contribution in [0.25, 0.3) is 0 Å². The number of ether oxygens (including phenoxy) is 2. The number of Topliss-reactive ketones (excluding diaryl/α,β-unsaturated/α-hetero) is 1. The number of aryl methyl sites for hydroxylation is 1. The first-order valence-corrected chi connectivity index (χ1v) is 10.7. The number of rotatable bonds is 4. The second-order valence-electron chi connectivity index (χ2n) is 8.23. The number of anilines is 2. The van der Waals surface area contributed by atoms with E-state index in [9.17, 15) is 4.79 Å². The number of para-hydroxylation sites is 2. The first kappa shape index (κ1) is 20.2. The van der Waals surface area contributed by atoms with E-state index >= 15 is 0 Å². The Hall–Kier alpha value is -3.67. The van der Waals surface area contributed by atoms with E-state index < -0.39 is 0 Å². The lowest BCUT2D eigenvalue weighted by Crippen LogP contribution is -2.26. The Morgan fingerprint density at radius 2 is 1.72 bits per heavy atom. The van der Waals surface area contributed by atoms with Crippen LogP contribution < -0.4 is 20.1 Å². The molecule has 2 aliphatic rings. The van der Waals surface area contributed by atoms with Gasteiger partial charge in [0, 0.05) is 17.7 Å². The second-order valence-corrected chi connectivity index (χ2v) is 8.23. The van der Waals surface area contributed by atoms with Gasteiger partial charge in [0.1, 0.15) is 17.6 Å². The lowest BCUT2D eigenvalue weighted by atomic mass is 9.79. The Labute approximate surface area is 187 Å². The molecule has 1 aliphatic heterocycles. The number of carbonyl (C=O) groups excluding carboxylic acids is 1. The van der Waals surface area contributed by atoms with Gasteiger partial charge in [0.25, 0.3) is 0 Å². The largest absolute Gasteiger partial charge is 0.493 e. The summed E-state index contributed by atoms with van der Waals surface area (Å²) in [5, 5.41) is 7.08. The van der Waals surface area contributed by atoms with Gasteiger partial charge in [0.05, 0.1) is 25.6 Å². The van der Waals surface area contributed by atoms with Crippen molar-refractivity contribution in [3.63, 3.8) is 0 Å². The number of fused-ring (bicyclic) bond motifs is 1. The molecule has 0 spiro atoms. The van der Waals surface area contributed by atoms with Crippen LogP contribution in [-0.4, -0.2) is 20.0 Å². The van der Waals surface area contributed by atoms with Crippen molar-refractivity contribution < 1.29 is 18.7 Å². The third-order valence-corrected chi connectivity index (χ3v) is 6.23. The molecule has 32 heavy (non-hydrogen) atoms. The van der Waals surface area contributed by atoms with Crippen LogP contribution in [0.15, 0.2) is 70.3 Å². The molecule has 164 valence electrons. The lowest BCUT2D eigenvalue weighted by Gasteiger charge is -2.29. The highest BCUT2D eigenvalue weighted by atomic mass is 16.5. The molecule has 0 bridgehead atoms. The molecule has 0 saturated heterocycles. The Morgan fingerprint density at radius 3 is 2.44 bits per heavy atom. The quantitative estimate of drug-likeness (QED) is 0.563. The predicted molar refractivity (Wildman–Crippen MR) is 123 cm³/mol. The summed E-state index contributed by atoms with van der Waals surface area (Å²) in [6.45, 7) is 1.91. The van der Waals surface area contributed by atoms with E-state index in [2.05, 4.69) is 10.6 Å². The molecule has 0 saturated carbocycles. The van der Waals surface area contributed by atoms with Gasteiger partial charge in [0.2, 0.25) is 0 Å². The molecule has 2 aromatic carbocycles. The topological polar surface area (TPSA) is 72.7 Å². The SMILES string of the molecule is COc1ccc([C@@H]2CC(=O)C3=C(C2)Nc2ccccc2N[C@H]3c2ccc(C)o2)cc1OC. The molecule has 0 radical (unpaired) electrons.